The molecule has 1 aromatic rings. The van der Waals surface area contributed by atoms with Crippen molar-refractivity contribution >= 4 is 5.97 Å². The fourth-order valence-electron chi connectivity index (χ4n) is 2.15. The summed E-state index contributed by atoms with van der Waals surface area (Å²) in [5.74, 6) is -1.64. The Hall–Kier alpha value is -1.50. The summed E-state index contributed by atoms with van der Waals surface area (Å²) in [4.78, 5) is 11.7. The first kappa shape index (κ1) is 15.9. The van der Waals surface area contributed by atoms with Gasteiger partial charge in [0, 0.05) is 0 Å². The van der Waals surface area contributed by atoms with Gasteiger partial charge in [0.1, 0.15) is 11.9 Å². The van der Waals surface area contributed by atoms with E-state index in [-0.39, 0.29) is 12.4 Å². The monoisotopic (exact) mass is 298 g/mol. The first-order chi connectivity index (χ1) is 9.91. The van der Waals surface area contributed by atoms with Crippen LogP contribution in [0.4, 0.5) is 4.39 Å². The second-order valence-electron chi connectivity index (χ2n) is 5.26. The molecule has 0 aliphatic carbocycles. The number of hydrogen-bond acceptors (Lipinski definition) is 5. The quantitative estimate of drug-likeness (QED) is 0.779. The second-order valence-corrected chi connectivity index (χ2v) is 5.26. The van der Waals surface area contributed by atoms with E-state index in [0.29, 0.717) is 6.61 Å². The molecule has 116 valence electrons. The van der Waals surface area contributed by atoms with Gasteiger partial charge in [0.2, 0.25) is 0 Å². The molecule has 0 spiro atoms. The average Bonchev–Trinajstić information content (AvgIpc) is 2.75. The molecule has 1 aliphatic rings. The molecule has 1 saturated heterocycles. The average molecular weight is 298 g/mol. The maximum Gasteiger partial charge on any atom is 0.337 e. The normalized spacial score (nSPS) is 24.0. The molecule has 2 rings (SSSR count). The number of carbonyl (C=O) groups excluding carboxylic acids is 1. The highest BCUT2D eigenvalue weighted by atomic mass is 19.1. The zero-order valence-corrected chi connectivity index (χ0v) is 12.3. The fraction of sp³-hybridized carbons (Fsp3) is 0.533. The lowest BCUT2D eigenvalue weighted by atomic mass is 10.2. The molecule has 0 bridgehead atoms. The number of benzene rings is 1. The summed E-state index contributed by atoms with van der Waals surface area (Å²) in [5, 5.41) is 0. The van der Waals surface area contributed by atoms with Crippen molar-refractivity contribution in [2.24, 2.45) is 0 Å². The third-order valence-electron chi connectivity index (χ3n) is 3.08. The summed E-state index contributed by atoms with van der Waals surface area (Å²) in [7, 11) is 1.30. The number of halogens is 1. The zero-order chi connectivity index (χ0) is 15.5. The van der Waals surface area contributed by atoms with Gasteiger partial charge in [-0.25, -0.2) is 9.18 Å². The van der Waals surface area contributed by atoms with Crippen molar-refractivity contribution in [3.05, 3.63) is 35.6 Å². The van der Waals surface area contributed by atoms with Crippen LogP contribution in [-0.4, -0.2) is 37.7 Å². The summed E-state index contributed by atoms with van der Waals surface area (Å²) in [5.41, 5.74) is 0.837. The third-order valence-corrected chi connectivity index (χ3v) is 3.08. The molecule has 1 aliphatic heterocycles. The van der Waals surface area contributed by atoms with E-state index < -0.39 is 24.0 Å². The van der Waals surface area contributed by atoms with Crippen LogP contribution in [0.2, 0.25) is 0 Å². The van der Waals surface area contributed by atoms with Crippen molar-refractivity contribution in [2.45, 2.75) is 38.4 Å². The predicted octanol–water partition coefficient (Wildman–Crippen LogP) is 2.04. The van der Waals surface area contributed by atoms with Gasteiger partial charge in [-0.3, -0.25) is 0 Å². The van der Waals surface area contributed by atoms with Gasteiger partial charge in [-0.1, -0.05) is 12.1 Å². The van der Waals surface area contributed by atoms with Crippen molar-refractivity contribution in [2.75, 3.05) is 13.7 Å². The van der Waals surface area contributed by atoms with Crippen molar-refractivity contribution in [3.8, 4) is 0 Å². The Balaban J connectivity index is 1.88. The van der Waals surface area contributed by atoms with Crippen LogP contribution >= 0.6 is 0 Å². The highest BCUT2D eigenvalue weighted by Crippen LogP contribution is 2.29. The van der Waals surface area contributed by atoms with Crippen LogP contribution in [0, 0.1) is 5.82 Å². The number of carbonyl (C=O) groups is 1. The van der Waals surface area contributed by atoms with Crippen LogP contribution in [0.1, 0.15) is 19.4 Å². The van der Waals surface area contributed by atoms with E-state index >= 15 is 0 Å². The van der Waals surface area contributed by atoms with Crippen LogP contribution in [-0.2, 0) is 30.3 Å². The maximum atomic E-state index is 12.8. The topological polar surface area (TPSA) is 54.0 Å². The molecular formula is C15H19FO5. The molecule has 0 amide bonds. The molecule has 1 aromatic carbocycles. The Bertz CT molecular complexity index is 485. The molecule has 5 nitrogen and oxygen atoms in total. The van der Waals surface area contributed by atoms with Crippen LogP contribution in [0.15, 0.2) is 24.3 Å². The molecule has 1 heterocycles. The Labute approximate surface area is 122 Å². The molecule has 0 saturated carbocycles. The Kier molecular flexibility index (Phi) is 4.92. The minimum absolute atomic E-state index is 0.181. The first-order valence-corrected chi connectivity index (χ1v) is 6.67. The fourth-order valence-corrected chi connectivity index (χ4v) is 2.15. The first-order valence-electron chi connectivity index (χ1n) is 6.67. The lowest BCUT2D eigenvalue weighted by Crippen LogP contribution is -2.35. The van der Waals surface area contributed by atoms with Crippen LogP contribution < -0.4 is 0 Å². The van der Waals surface area contributed by atoms with Crippen molar-refractivity contribution in [1.82, 2.24) is 0 Å². The molecule has 21 heavy (non-hydrogen) atoms. The molecule has 1 fully saturated rings. The van der Waals surface area contributed by atoms with Gasteiger partial charge in [0.15, 0.2) is 11.9 Å². The molecular weight excluding hydrogens is 279 g/mol. The van der Waals surface area contributed by atoms with E-state index in [9.17, 15) is 9.18 Å². The number of hydrogen-bond donors (Lipinski definition) is 0. The number of esters is 1. The third kappa shape index (κ3) is 4.23. The predicted molar refractivity (Wildman–Crippen MR) is 71.9 cm³/mol. The van der Waals surface area contributed by atoms with Gasteiger partial charge >= 0.3 is 5.97 Å². The summed E-state index contributed by atoms with van der Waals surface area (Å²) < 4.78 is 34.2. The second kappa shape index (κ2) is 6.51. The van der Waals surface area contributed by atoms with E-state index in [4.69, 9.17) is 18.9 Å². The molecule has 0 unspecified atom stereocenters. The van der Waals surface area contributed by atoms with E-state index in [1.165, 1.54) is 19.2 Å². The molecule has 0 aromatic heterocycles. The Morgan fingerprint density at radius 2 is 1.95 bits per heavy atom. The highest BCUT2D eigenvalue weighted by Gasteiger charge is 2.45. The summed E-state index contributed by atoms with van der Waals surface area (Å²) in [6.07, 6.45) is -1.34. The molecule has 2 atom stereocenters. The van der Waals surface area contributed by atoms with E-state index in [1.54, 1.807) is 26.0 Å². The van der Waals surface area contributed by atoms with Crippen molar-refractivity contribution in [1.29, 1.82) is 0 Å². The maximum absolute atomic E-state index is 12.8. The van der Waals surface area contributed by atoms with Crippen molar-refractivity contribution in [3.63, 3.8) is 0 Å². The van der Waals surface area contributed by atoms with Crippen LogP contribution in [0.5, 0.6) is 0 Å². The van der Waals surface area contributed by atoms with Crippen molar-refractivity contribution < 1.29 is 28.1 Å². The number of methoxy groups -OCH3 is 1. The van der Waals surface area contributed by atoms with Gasteiger partial charge in [-0.2, -0.15) is 0 Å². The lowest BCUT2D eigenvalue weighted by molar-refractivity contribution is -0.168. The van der Waals surface area contributed by atoms with Gasteiger partial charge in [0.05, 0.1) is 20.3 Å². The number of ether oxygens (including phenoxy) is 4. The van der Waals surface area contributed by atoms with Gasteiger partial charge in [-0.15, -0.1) is 0 Å². The highest BCUT2D eigenvalue weighted by molar-refractivity contribution is 5.75. The van der Waals surface area contributed by atoms with Crippen LogP contribution in [0.3, 0.4) is 0 Å². The Morgan fingerprint density at radius 3 is 2.57 bits per heavy atom. The standard InChI is InChI=1S/C15H19FO5/c1-15(2)20-12(13(21-15)14(17)18-3)9-19-8-10-4-6-11(16)7-5-10/h4-7,12-13H,8-9H2,1-3H3/t12-,13+/m1/s1. The molecule has 6 heteroatoms. The zero-order valence-electron chi connectivity index (χ0n) is 12.3. The van der Waals surface area contributed by atoms with Crippen LogP contribution in [0.25, 0.3) is 0 Å². The van der Waals surface area contributed by atoms with Gasteiger partial charge in [0.25, 0.3) is 0 Å². The van der Waals surface area contributed by atoms with E-state index in [1.807, 2.05) is 0 Å². The minimum atomic E-state index is -0.858. The number of rotatable bonds is 5. The Morgan fingerprint density at radius 1 is 1.29 bits per heavy atom. The summed E-state index contributed by atoms with van der Waals surface area (Å²) in [6.45, 7) is 3.93. The molecule has 0 N–H and O–H groups in total. The van der Waals surface area contributed by atoms with Gasteiger partial charge < -0.3 is 18.9 Å². The summed E-state index contributed by atoms with van der Waals surface area (Å²) >= 11 is 0. The SMILES string of the molecule is COC(=O)[C@H]1OC(C)(C)O[C@@H]1COCc1ccc(F)cc1. The lowest BCUT2D eigenvalue weighted by Gasteiger charge is -2.16. The molecule has 0 radical (unpaired) electrons. The summed E-state index contributed by atoms with van der Waals surface area (Å²) in [6, 6.07) is 6.02. The van der Waals surface area contributed by atoms with Gasteiger partial charge in [-0.05, 0) is 31.5 Å². The smallest absolute Gasteiger partial charge is 0.337 e. The van der Waals surface area contributed by atoms with E-state index in [2.05, 4.69) is 0 Å². The minimum Gasteiger partial charge on any atom is -0.467 e. The largest absolute Gasteiger partial charge is 0.467 e. The van der Waals surface area contributed by atoms with E-state index in [0.717, 1.165) is 5.56 Å².